The first-order valence-corrected chi connectivity index (χ1v) is 6.02. The molecule has 0 bridgehead atoms. The highest BCUT2D eigenvalue weighted by molar-refractivity contribution is 5.27. The van der Waals surface area contributed by atoms with E-state index >= 15 is 0 Å². The monoisotopic (exact) mass is 239 g/mol. The van der Waals surface area contributed by atoms with Crippen molar-refractivity contribution >= 4 is 0 Å². The minimum Gasteiger partial charge on any atom is -0.384 e. The highest BCUT2D eigenvalue weighted by Gasteiger charge is 2.23. The molecule has 0 fully saturated rings. The van der Waals surface area contributed by atoms with Gasteiger partial charge in [0.25, 0.3) is 0 Å². The second-order valence-electron chi connectivity index (χ2n) is 5.26. The van der Waals surface area contributed by atoms with E-state index in [1.54, 1.807) is 26.0 Å². The Morgan fingerprint density at radius 3 is 2.59 bits per heavy atom. The number of aliphatic hydroxyl groups is 1. The fourth-order valence-corrected chi connectivity index (χ4v) is 1.63. The molecule has 1 rings (SSSR count). The fraction of sp³-hybridized carbons (Fsp3) is 0.571. The highest BCUT2D eigenvalue weighted by atomic mass is 19.1. The van der Waals surface area contributed by atoms with E-state index in [4.69, 9.17) is 0 Å². The van der Waals surface area contributed by atoms with E-state index in [1.807, 2.05) is 0 Å². The zero-order valence-corrected chi connectivity index (χ0v) is 11.0. The zero-order chi connectivity index (χ0) is 13.1. The van der Waals surface area contributed by atoms with Crippen LogP contribution in [0.5, 0.6) is 0 Å². The molecule has 0 amide bonds. The van der Waals surface area contributed by atoms with Gasteiger partial charge in [-0.3, -0.25) is 0 Å². The number of hydrogen-bond acceptors (Lipinski definition) is 2. The molecule has 1 unspecified atom stereocenters. The van der Waals surface area contributed by atoms with E-state index in [-0.39, 0.29) is 5.82 Å². The quantitative estimate of drug-likeness (QED) is 0.827. The maximum absolute atomic E-state index is 13.4. The molecule has 17 heavy (non-hydrogen) atoms. The number of halogens is 1. The van der Waals surface area contributed by atoms with Gasteiger partial charge in [0, 0.05) is 6.54 Å². The van der Waals surface area contributed by atoms with Crippen LogP contribution in [0, 0.1) is 18.7 Å². The first kappa shape index (κ1) is 14.1. The van der Waals surface area contributed by atoms with Crippen molar-refractivity contribution in [1.29, 1.82) is 0 Å². The summed E-state index contributed by atoms with van der Waals surface area (Å²) in [5, 5.41) is 13.5. The molecule has 2 nitrogen and oxygen atoms in total. The second kappa shape index (κ2) is 5.61. The Balaban J connectivity index is 2.71. The average Bonchev–Trinajstić information content (AvgIpc) is 2.21. The van der Waals surface area contributed by atoms with E-state index in [2.05, 4.69) is 19.2 Å². The first-order valence-electron chi connectivity index (χ1n) is 6.02. The van der Waals surface area contributed by atoms with Crippen LogP contribution in [0.4, 0.5) is 4.39 Å². The third kappa shape index (κ3) is 4.10. The molecule has 1 aromatic carbocycles. The number of hydrogen-bond donors (Lipinski definition) is 2. The third-order valence-corrected chi connectivity index (χ3v) is 2.82. The molecule has 96 valence electrons. The summed E-state index contributed by atoms with van der Waals surface area (Å²) >= 11 is 0. The molecule has 2 N–H and O–H groups in total. The minimum absolute atomic E-state index is 0.272. The molecule has 1 atom stereocenters. The standard InChI is InChI=1S/C14H22FNO/c1-10(2)8-16-9-14(4,17)12-6-5-11(3)13(15)7-12/h5-7,10,16-17H,8-9H2,1-4H3. The summed E-state index contributed by atoms with van der Waals surface area (Å²) in [6.07, 6.45) is 0. The van der Waals surface area contributed by atoms with E-state index in [0.717, 1.165) is 6.54 Å². The summed E-state index contributed by atoms with van der Waals surface area (Å²) in [6, 6.07) is 4.88. The predicted molar refractivity (Wildman–Crippen MR) is 68.4 cm³/mol. The van der Waals surface area contributed by atoms with Crippen LogP contribution in [0.15, 0.2) is 18.2 Å². The van der Waals surface area contributed by atoms with Crippen LogP contribution in [0.1, 0.15) is 31.9 Å². The van der Waals surface area contributed by atoms with E-state index in [9.17, 15) is 9.50 Å². The molecular weight excluding hydrogens is 217 g/mol. The Morgan fingerprint density at radius 2 is 2.06 bits per heavy atom. The van der Waals surface area contributed by atoms with Crippen molar-refractivity contribution in [1.82, 2.24) is 5.32 Å². The Labute approximate surface area is 103 Å². The third-order valence-electron chi connectivity index (χ3n) is 2.82. The van der Waals surface area contributed by atoms with Crippen molar-refractivity contribution in [3.63, 3.8) is 0 Å². The van der Waals surface area contributed by atoms with Gasteiger partial charge in [-0.15, -0.1) is 0 Å². The van der Waals surface area contributed by atoms with Gasteiger partial charge in [0.15, 0.2) is 0 Å². The van der Waals surface area contributed by atoms with Crippen LogP contribution in [-0.2, 0) is 5.60 Å². The molecule has 0 heterocycles. The van der Waals surface area contributed by atoms with Gasteiger partial charge in [0.2, 0.25) is 0 Å². The second-order valence-corrected chi connectivity index (χ2v) is 5.26. The summed E-state index contributed by atoms with van der Waals surface area (Å²) in [4.78, 5) is 0. The lowest BCUT2D eigenvalue weighted by molar-refractivity contribution is 0.0561. The van der Waals surface area contributed by atoms with Crippen molar-refractivity contribution < 1.29 is 9.50 Å². The smallest absolute Gasteiger partial charge is 0.126 e. The molecule has 0 saturated heterocycles. The van der Waals surface area contributed by atoms with Crippen LogP contribution >= 0.6 is 0 Å². The molecule has 0 aliphatic heterocycles. The van der Waals surface area contributed by atoms with Crippen LogP contribution in [0.3, 0.4) is 0 Å². The topological polar surface area (TPSA) is 32.3 Å². The summed E-state index contributed by atoms with van der Waals surface area (Å²) in [5.41, 5.74) is 0.167. The maximum atomic E-state index is 13.4. The van der Waals surface area contributed by atoms with E-state index in [0.29, 0.717) is 23.6 Å². The fourth-order valence-electron chi connectivity index (χ4n) is 1.63. The molecule has 1 aromatic rings. The van der Waals surface area contributed by atoms with Gasteiger partial charge >= 0.3 is 0 Å². The SMILES string of the molecule is Cc1ccc(C(C)(O)CNCC(C)C)cc1F. The zero-order valence-electron chi connectivity index (χ0n) is 11.0. The van der Waals surface area contributed by atoms with Crippen LogP contribution < -0.4 is 5.32 Å². The van der Waals surface area contributed by atoms with Crippen LogP contribution in [0.25, 0.3) is 0 Å². The van der Waals surface area contributed by atoms with Gasteiger partial charge in [-0.1, -0.05) is 26.0 Å². The van der Waals surface area contributed by atoms with Crippen molar-refractivity contribution in [2.75, 3.05) is 13.1 Å². The van der Waals surface area contributed by atoms with Gasteiger partial charge in [-0.05, 0) is 43.5 Å². The Bertz CT molecular complexity index is 374. The van der Waals surface area contributed by atoms with Gasteiger partial charge in [0.1, 0.15) is 5.82 Å². The molecule has 0 radical (unpaired) electrons. The van der Waals surface area contributed by atoms with Crippen molar-refractivity contribution in [2.45, 2.75) is 33.3 Å². The Morgan fingerprint density at radius 1 is 1.41 bits per heavy atom. The first-order chi connectivity index (χ1) is 7.83. The number of aryl methyl sites for hydroxylation is 1. The molecule has 0 aliphatic carbocycles. The predicted octanol–water partition coefficient (Wildman–Crippen LogP) is 2.59. The Hall–Kier alpha value is -0.930. The summed E-state index contributed by atoms with van der Waals surface area (Å²) in [7, 11) is 0. The van der Waals surface area contributed by atoms with Crippen LogP contribution in [-0.4, -0.2) is 18.2 Å². The number of nitrogens with one attached hydrogen (secondary N) is 1. The summed E-state index contributed by atoms with van der Waals surface area (Å²) in [6.45, 7) is 8.88. The number of rotatable bonds is 5. The summed E-state index contributed by atoms with van der Waals surface area (Å²) < 4.78 is 13.4. The molecule has 3 heteroatoms. The lowest BCUT2D eigenvalue weighted by atomic mass is 9.94. The van der Waals surface area contributed by atoms with Crippen molar-refractivity contribution in [3.8, 4) is 0 Å². The van der Waals surface area contributed by atoms with Crippen LogP contribution in [0.2, 0.25) is 0 Å². The number of benzene rings is 1. The lowest BCUT2D eigenvalue weighted by Gasteiger charge is -2.25. The average molecular weight is 239 g/mol. The van der Waals surface area contributed by atoms with Gasteiger partial charge in [0.05, 0.1) is 5.60 Å². The molecule has 0 aromatic heterocycles. The Kier molecular flexibility index (Phi) is 4.66. The molecule has 0 aliphatic rings. The highest BCUT2D eigenvalue weighted by Crippen LogP contribution is 2.21. The summed E-state index contributed by atoms with van der Waals surface area (Å²) in [5.74, 6) is 0.257. The largest absolute Gasteiger partial charge is 0.384 e. The molecule has 0 saturated carbocycles. The van der Waals surface area contributed by atoms with Gasteiger partial charge in [-0.25, -0.2) is 4.39 Å². The van der Waals surface area contributed by atoms with E-state index in [1.165, 1.54) is 6.07 Å². The maximum Gasteiger partial charge on any atom is 0.126 e. The minimum atomic E-state index is -1.04. The van der Waals surface area contributed by atoms with Crippen molar-refractivity contribution in [2.24, 2.45) is 5.92 Å². The van der Waals surface area contributed by atoms with E-state index < -0.39 is 5.60 Å². The molecular formula is C14H22FNO. The normalized spacial score (nSPS) is 15.0. The molecule has 0 spiro atoms. The van der Waals surface area contributed by atoms with Gasteiger partial charge in [-0.2, -0.15) is 0 Å². The lowest BCUT2D eigenvalue weighted by Crippen LogP contribution is -2.37. The van der Waals surface area contributed by atoms with Crippen molar-refractivity contribution in [3.05, 3.63) is 35.1 Å². The van der Waals surface area contributed by atoms with Gasteiger partial charge < -0.3 is 10.4 Å².